The Morgan fingerprint density at radius 2 is 1.83 bits per heavy atom. The molecule has 2 heterocycles. The topological polar surface area (TPSA) is 63.0 Å². The highest BCUT2D eigenvalue weighted by atomic mass is 19.1. The fourth-order valence-electron chi connectivity index (χ4n) is 2.81. The van der Waals surface area contributed by atoms with Gasteiger partial charge in [-0.15, -0.1) is 0 Å². The average Bonchev–Trinajstić information content (AvgIpc) is 3.25. The van der Waals surface area contributed by atoms with E-state index in [9.17, 15) is 4.39 Å². The minimum Gasteiger partial charge on any atom is -0.339 e. The van der Waals surface area contributed by atoms with Crippen molar-refractivity contribution in [3.8, 4) is 11.4 Å². The Kier molecular flexibility index (Phi) is 3.61. The molecule has 0 radical (unpaired) electrons. The van der Waals surface area contributed by atoms with Crippen molar-refractivity contribution in [2.45, 2.75) is 12.0 Å². The first kappa shape index (κ1) is 14.0. The number of nitrogens with zero attached hydrogens (tertiary/aromatic N) is 2. The van der Waals surface area contributed by atoms with Gasteiger partial charge in [-0.3, -0.25) is 5.43 Å². The number of halogens is 1. The van der Waals surface area contributed by atoms with Crippen molar-refractivity contribution >= 4 is 0 Å². The molecule has 1 aliphatic rings. The van der Waals surface area contributed by atoms with Crippen LogP contribution in [0, 0.1) is 5.82 Å². The third kappa shape index (κ3) is 2.74. The van der Waals surface area contributed by atoms with Gasteiger partial charge in [0.2, 0.25) is 11.7 Å². The average molecular weight is 310 g/mol. The molecule has 2 unspecified atom stereocenters. The molecular weight excluding hydrogens is 295 g/mol. The summed E-state index contributed by atoms with van der Waals surface area (Å²) in [4.78, 5) is 4.49. The zero-order valence-electron chi connectivity index (χ0n) is 12.2. The Hall–Kier alpha value is -2.57. The summed E-state index contributed by atoms with van der Waals surface area (Å²) in [7, 11) is 0. The second-order valence-corrected chi connectivity index (χ2v) is 5.48. The molecular formula is C17H15FN4O. The Morgan fingerprint density at radius 1 is 1.04 bits per heavy atom. The van der Waals surface area contributed by atoms with Crippen molar-refractivity contribution in [2.75, 3.05) is 6.54 Å². The van der Waals surface area contributed by atoms with E-state index >= 15 is 0 Å². The minimum atomic E-state index is -0.286. The van der Waals surface area contributed by atoms with Crippen LogP contribution in [0.15, 0.2) is 59.1 Å². The molecule has 1 aromatic heterocycles. The van der Waals surface area contributed by atoms with E-state index in [1.165, 1.54) is 12.1 Å². The summed E-state index contributed by atoms with van der Waals surface area (Å²) in [5.41, 5.74) is 8.29. The van der Waals surface area contributed by atoms with E-state index in [2.05, 4.69) is 33.1 Å². The zero-order valence-corrected chi connectivity index (χ0v) is 12.2. The van der Waals surface area contributed by atoms with Gasteiger partial charge in [0.25, 0.3) is 0 Å². The molecule has 1 aliphatic heterocycles. The fraction of sp³-hybridized carbons (Fsp3) is 0.176. The minimum absolute atomic E-state index is 0.0408. The fourth-order valence-corrected chi connectivity index (χ4v) is 2.81. The number of rotatable bonds is 3. The van der Waals surface area contributed by atoms with Crippen LogP contribution in [0.25, 0.3) is 11.4 Å². The van der Waals surface area contributed by atoms with E-state index in [0.29, 0.717) is 18.3 Å². The smallest absolute Gasteiger partial charge is 0.233 e. The molecule has 4 rings (SSSR count). The van der Waals surface area contributed by atoms with Gasteiger partial charge in [0.15, 0.2) is 0 Å². The van der Waals surface area contributed by atoms with Crippen molar-refractivity contribution in [1.82, 2.24) is 21.0 Å². The lowest BCUT2D eigenvalue weighted by atomic mass is 9.95. The number of hydrogen-bond donors (Lipinski definition) is 2. The van der Waals surface area contributed by atoms with Crippen LogP contribution in [0.1, 0.15) is 23.4 Å². The van der Waals surface area contributed by atoms with E-state index < -0.39 is 0 Å². The van der Waals surface area contributed by atoms with Crippen molar-refractivity contribution < 1.29 is 8.91 Å². The monoisotopic (exact) mass is 310 g/mol. The highest BCUT2D eigenvalue weighted by molar-refractivity contribution is 5.53. The first-order chi connectivity index (χ1) is 11.3. The van der Waals surface area contributed by atoms with Gasteiger partial charge in [-0.25, -0.2) is 9.82 Å². The Labute approximate surface area is 132 Å². The first-order valence-corrected chi connectivity index (χ1v) is 7.44. The highest BCUT2D eigenvalue weighted by Gasteiger charge is 2.33. The third-order valence-corrected chi connectivity index (χ3v) is 4.00. The highest BCUT2D eigenvalue weighted by Crippen LogP contribution is 2.33. The van der Waals surface area contributed by atoms with Gasteiger partial charge in [-0.2, -0.15) is 4.98 Å². The molecule has 1 saturated heterocycles. The molecule has 1 fully saturated rings. The predicted molar refractivity (Wildman–Crippen MR) is 82.8 cm³/mol. The predicted octanol–water partition coefficient (Wildman–Crippen LogP) is 2.81. The molecule has 2 aromatic carbocycles. The summed E-state index contributed by atoms with van der Waals surface area (Å²) in [6.07, 6.45) is 0. The van der Waals surface area contributed by atoms with Crippen molar-refractivity contribution in [1.29, 1.82) is 0 Å². The molecule has 2 N–H and O–H groups in total. The van der Waals surface area contributed by atoms with E-state index in [4.69, 9.17) is 4.52 Å². The van der Waals surface area contributed by atoms with Gasteiger partial charge in [0, 0.05) is 12.1 Å². The van der Waals surface area contributed by atoms with Crippen LogP contribution in [-0.2, 0) is 0 Å². The van der Waals surface area contributed by atoms with Gasteiger partial charge in [-0.1, -0.05) is 35.5 Å². The summed E-state index contributed by atoms with van der Waals surface area (Å²) in [6, 6.07) is 16.2. The van der Waals surface area contributed by atoms with E-state index in [-0.39, 0.29) is 17.8 Å². The van der Waals surface area contributed by atoms with Crippen LogP contribution in [0.3, 0.4) is 0 Å². The molecule has 0 saturated carbocycles. The van der Waals surface area contributed by atoms with Gasteiger partial charge in [0.05, 0.1) is 12.0 Å². The van der Waals surface area contributed by atoms with Crippen LogP contribution >= 0.6 is 0 Å². The Bertz CT molecular complexity index is 788. The SMILES string of the molecule is Fc1ccc(-c2noc(C3CNNC3c3ccccc3)n2)cc1. The van der Waals surface area contributed by atoms with Crippen molar-refractivity contribution in [2.24, 2.45) is 0 Å². The Morgan fingerprint density at radius 3 is 2.61 bits per heavy atom. The lowest BCUT2D eigenvalue weighted by Gasteiger charge is -2.15. The largest absolute Gasteiger partial charge is 0.339 e. The van der Waals surface area contributed by atoms with Crippen molar-refractivity contribution in [3.05, 3.63) is 71.9 Å². The second kappa shape index (κ2) is 5.91. The number of hydrogen-bond acceptors (Lipinski definition) is 5. The maximum atomic E-state index is 13.0. The molecule has 5 nitrogen and oxygen atoms in total. The van der Waals surface area contributed by atoms with Crippen LogP contribution in [0.4, 0.5) is 4.39 Å². The normalized spacial score (nSPS) is 20.7. The maximum absolute atomic E-state index is 13.0. The standard InChI is InChI=1S/C17H15FN4O/c18-13-8-6-12(7-9-13)16-20-17(23-22-16)14-10-19-21-15(14)11-4-2-1-3-5-11/h1-9,14-15,19,21H,10H2. The molecule has 0 amide bonds. The number of nitrogens with one attached hydrogen (secondary N) is 2. The quantitative estimate of drug-likeness (QED) is 0.779. The van der Waals surface area contributed by atoms with Gasteiger partial charge in [-0.05, 0) is 29.8 Å². The molecule has 6 heteroatoms. The summed E-state index contributed by atoms with van der Waals surface area (Å²) in [5.74, 6) is 0.791. The van der Waals surface area contributed by atoms with Crippen LogP contribution in [0.5, 0.6) is 0 Å². The number of benzene rings is 2. The zero-order chi connectivity index (χ0) is 15.6. The summed E-state index contributed by atoms with van der Waals surface area (Å²) in [6.45, 7) is 0.699. The molecule has 116 valence electrons. The van der Waals surface area contributed by atoms with Crippen LogP contribution in [0.2, 0.25) is 0 Å². The molecule has 0 aliphatic carbocycles. The first-order valence-electron chi connectivity index (χ1n) is 7.44. The van der Waals surface area contributed by atoms with E-state index in [1.807, 2.05) is 18.2 Å². The molecule has 3 aromatic rings. The summed E-state index contributed by atoms with van der Waals surface area (Å²) >= 11 is 0. The maximum Gasteiger partial charge on any atom is 0.233 e. The molecule has 0 spiro atoms. The van der Waals surface area contributed by atoms with Crippen LogP contribution in [-0.4, -0.2) is 16.7 Å². The summed E-state index contributed by atoms with van der Waals surface area (Å²) in [5, 5.41) is 4.02. The van der Waals surface area contributed by atoms with Crippen molar-refractivity contribution in [3.63, 3.8) is 0 Å². The lowest BCUT2D eigenvalue weighted by molar-refractivity contribution is 0.347. The number of aromatic nitrogens is 2. The molecule has 23 heavy (non-hydrogen) atoms. The Balaban J connectivity index is 1.62. The van der Waals surface area contributed by atoms with Gasteiger partial charge < -0.3 is 4.52 Å². The third-order valence-electron chi connectivity index (χ3n) is 4.00. The molecule has 2 atom stereocenters. The van der Waals surface area contributed by atoms with Gasteiger partial charge >= 0.3 is 0 Å². The lowest BCUT2D eigenvalue weighted by Crippen LogP contribution is -2.24. The second-order valence-electron chi connectivity index (χ2n) is 5.48. The van der Waals surface area contributed by atoms with Crippen LogP contribution < -0.4 is 10.9 Å². The van der Waals surface area contributed by atoms with E-state index in [0.717, 1.165) is 11.1 Å². The summed E-state index contributed by atoms with van der Waals surface area (Å²) < 4.78 is 18.5. The number of hydrazine groups is 1. The van der Waals surface area contributed by atoms with Gasteiger partial charge in [0.1, 0.15) is 5.82 Å². The molecule has 0 bridgehead atoms. The van der Waals surface area contributed by atoms with E-state index in [1.54, 1.807) is 12.1 Å².